The second-order valence-electron chi connectivity index (χ2n) is 5.62. The normalized spacial score (nSPS) is 18.9. The van der Waals surface area contributed by atoms with Gasteiger partial charge in [-0.1, -0.05) is 6.07 Å². The molecule has 6 nitrogen and oxygen atoms in total. The van der Waals surface area contributed by atoms with Crippen molar-refractivity contribution in [3.63, 3.8) is 0 Å². The zero-order valence-corrected chi connectivity index (χ0v) is 14.1. The first-order valence-electron chi connectivity index (χ1n) is 7.29. The van der Waals surface area contributed by atoms with Crippen molar-refractivity contribution in [2.75, 3.05) is 19.7 Å². The fraction of sp³-hybridized carbons (Fsp3) is 0.400. The zero-order chi connectivity index (χ0) is 16.5. The summed E-state index contributed by atoms with van der Waals surface area (Å²) in [7, 11) is -3.58. The molecular formula is C15H18N2O4S2. The van der Waals surface area contributed by atoms with Crippen molar-refractivity contribution in [2.24, 2.45) is 0 Å². The molecule has 124 valence electrons. The lowest BCUT2D eigenvalue weighted by Gasteiger charge is -2.35. The lowest BCUT2D eigenvalue weighted by Crippen LogP contribution is -2.48. The number of piperidine rings is 1. The number of hydrogen-bond acceptors (Lipinski definition) is 6. The molecule has 8 heteroatoms. The molecule has 2 aromatic heterocycles. The molecule has 0 atom stereocenters. The van der Waals surface area contributed by atoms with Crippen molar-refractivity contribution in [2.45, 2.75) is 22.7 Å². The van der Waals surface area contributed by atoms with E-state index in [1.165, 1.54) is 15.6 Å². The third kappa shape index (κ3) is 3.31. The predicted molar refractivity (Wildman–Crippen MR) is 87.6 cm³/mol. The summed E-state index contributed by atoms with van der Waals surface area (Å²) in [5.74, 6) is 0. The average Bonchev–Trinajstić information content (AvgIpc) is 3.07. The van der Waals surface area contributed by atoms with Gasteiger partial charge in [0.25, 0.3) is 10.0 Å². The Morgan fingerprint density at radius 2 is 1.96 bits per heavy atom. The smallest absolute Gasteiger partial charge is 0.252 e. The van der Waals surface area contributed by atoms with E-state index < -0.39 is 15.6 Å². The molecule has 0 unspecified atom stereocenters. The van der Waals surface area contributed by atoms with E-state index in [9.17, 15) is 13.5 Å². The number of sulfonamides is 1. The summed E-state index contributed by atoms with van der Waals surface area (Å²) < 4.78 is 27.0. The highest BCUT2D eigenvalue weighted by atomic mass is 32.2. The summed E-state index contributed by atoms with van der Waals surface area (Å²) in [6, 6.07) is 8.86. The van der Waals surface area contributed by atoms with Gasteiger partial charge in [-0.05, 0) is 37.1 Å². The van der Waals surface area contributed by atoms with Crippen molar-refractivity contribution in [3.8, 4) is 10.6 Å². The van der Waals surface area contributed by atoms with Crippen LogP contribution in [0.3, 0.4) is 0 Å². The molecule has 1 aliphatic rings. The van der Waals surface area contributed by atoms with Crippen LogP contribution in [0, 0.1) is 0 Å². The Morgan fingerprint density at radius 3 is 2.57 bits per heavy atom. The van der Waals surface area contributed by atoms with E-state index >= 15 is 0 Å². The predicted octanol–water partition coefficient (Wildman–Crippen LogP) is 1.32. The van der Waals surface area contributed by atoms with E-state index in [-0.39, 0.29) is 36.7 Å². The number of hydrogen-bond donors (Lipinski definition) is 2. The first-order chi connectivity index (χ1) is 10.9. The van der Waals surface area contributed by atoms with Gasteiger partial charge in [-0.2, -0.15) is 4.31 Å². The Bertz CT molecular complexity index is 766. The third-order valence-electron chi connectivity index (χ3n) is 4.04. The largest absolute Gasteiger partial charge is 0.393 e. The van der Waals surface area contributed by atoms with Gasteiger partial charge in [0, 0.05) is 19.3 Å². The van der Waals surface area contributed by atoms with E-state index in [0.29, 0.717) is 0 Å². The highest BCUT2D eigenvalue weighted by Crippen LogP contribution is 2.33. The van der Waals surface area contributed by atoms with Gasteiger partial charge in [0.15, 0.2) is 0 Å². The van der Waals surface area contributed by atoms with Crippen LogP contribution >= 0.6 is 11.3 Å². The Labute approximate surface area is 139 Å². The minimum atomic E-state index is -3.58. The van der Waals surface area contributed by atoms with Gasteiger partial charge in [-0.25, -0.2) is 8.42 Å². The van der Waals surface area contributed by atoms with Crippen LogP contribution in [0.15, 0.2) is 40.7 Å². The van der Waals surface area contributed by atoms with Gasteiger partial charge in [0.1, 0.15) is 4.21 Å². The number of aliphatic hydroxyl groups excluding tert-OH is 1. The van der Waals surface area contributed by atoms with Crippen LogP contribution in [-0.4, -0.2) is 53.2 Å². The second-order valence-corrected chi connectivity index (χ2v) is 8.87. The molecule has 1 saturated heterocycles. The van der Waals surface area contributed by atoms with Crippen molar-refractivity contribution < 1.29 is 18.6 Å². The lowest BCUT2D eigenvalue weighted by molar-refractivity contribution is -0.0479. The molecule has 2 aromatic rings. The Morgan fingerprint density at radius 1 is 1.22 bits per heavy atom. The number of aliphatic hydroxyl groups is 2. The number of nitrogens with zero attached hydrogens (tertiary/aromatic N) is 2. The van der Waals surface area contributed by atoms with Gasteiger partial charge >= 0.3 is 0 Å². The molecule has 1 aliphatic heterocycles. The van der Waals surface area contributed by atoms with Gasteiger partial charge in [0.2, 0.25) is 0 Å². The number of pyridine rings is 1. The Balaban J connectivity index is 1.80. The van der Waals surface area contributed by atoms with Crippen LogP contribution in [0.2, 0.25) is 0 Å². The highest BCUT2D eigenvalue weighted by molar-refractivity contribution is 7.91. The molecular weight excluding hydrogens is 336 g/mol. The van der Waals surface area contributed by atoms with E-state index in [1.54, 1.807) is 18.3 Å². The van der Waals surface area contributed by atoms with Crippen LogP contribution in [0.4, 0.5) is 0 Å². The number of aromatic nitrogens is 1. The molecule has 3 rings (SSSR count). The van der Waals surface area contributed by atoms with Crippen LogP contribution in [-0.2, 0) is 10.0 Å². The highest BCUT2D eigenvalue weighted by Gasteiger charge is 2.37. The third-order valence-corrected chi connectivity index (χ3v) is 7.51. The van der Waals surface area contributed by atoms with Crippen LogP contribution in [0.5, 0.6) is 0 Å². The standard InChI is InChI=1S/C15H18N2O4S2/c18-11-15(19)6-9-17(10-7-15)23(20,21)14-5-4-13(22-14)12-3-1-2-8-16-12/h1-5,8,18-19H,6-7,9-11H2. The van der Waals surface area contributed by atoms with Crippen LogP contribution in [0.1, 0.15) is 12.8 Å². The van der Waals surface area contributed by atoms with E-state index in [2.05, 4.69) is 4.98 Å². The maximum Gasteiger partial charge on any atom is 0.252 e. The van der Waals surface area contributed by atoms with Crippen molar-refractivity contribution >= 4 is 21.4 Å². The number of thiophene rings is 1. The fourth-order valence-electron chi connectivity index (χ4n) is 2.53. The second kappa shape index (κ2) is 6.29. The van der Waals surface area contributed by atoms with Gasteiger partial charge < -0.3 is 10.2 Å². The molecule has 0 aromatic carbocycles. The van der Waals surface area contributed by atoms with Crippen molar-refractivity contribution in [1.82, 2.24) is 9.29 Å². The Kier molecular flexibility index (Phi) is 4.52. The maximum absolute atomic E-state index is 12.7. The lowest BCUT2D eigenvalue weighted by atomic mass is 9.94. The zero-order valence-electron chi connectivity index (χ0n) is 12.4. The van der Waals surface area contributed by atoms with E-state index in [0.717, 1.165) is 10.6 Å². The summed E-state index contributed by atoms with van der Waals surface area (Å²) in [5, 5.41) is 19.2. The molecule has 1 fully saturated rings. The van der Waals surface area contributed by atoms with Gasteiger partial charge in [-0.3, -0.25) is 4.98 Å². The Hall–Kier alpha value is -1.32. The summed E-state index contributed by atoms with van der Waals surface area (Å²) in [6.07, 6.45) is 2.14. The molecule has 0 saturated carbocycles. The molecule has 0 aliphatic carbocycles. The molecule has 0 radical (unpaired) electrons. The molecule has 0 amide bonds. The van der Waals surface area contributed by atoms with Crippen LogP contribution in [0.25, 0.3) is 10.6 Å². The first kappa shape index (κ1) is 16.5. The summed E-state index contributed by atoms with van der Waals surface area (Å²) in [4.78, 5) is 5.03. The monoisotopic (exact) mass is 354 g/mol. The van der Waals surface area contributed by atoms with E-state index in [4.69, 9.17) is 5.11 Å². The molecule has 2 N–H and O–H groups in total. The SMILES string of the molecule is O=S(=O)(c1ccc(-c2ccccn2)s1)N1CCC(O)(CO)CC1. The molecule has 23 heavy (non-hydrogen) atoms. The minimum absolute atomic E-state index is 0.205. The number of rotatable bonds is 4. The molecule has 0 bridgehead atoms. The van der Waals surface area contributed by atoms with E-state index in [1.807, 2.05) is 18.2 Å². The minimum Gasteiger partial charge on any atom is -0.393 e. The molecule has 3 heterocycles. The maximum atomic E-state index is 12.7. The van der Waals surface area contributed by atoms with Gasteiger partial charge in [0.05, 0.1) is 22.8 Å². The fourth-order valence-corrected chi connectivity index (χ4v) is 5.41. The molecule has 0 spiro atoms. The van der Waals surface area contributed by atoms with Crippen molar-refractivity contribution in [1.29, 1.82) is 0 Å². The summed E-state index contributed by atoms with van der Waals surface area (Å²) >= 11 is 1.19. The average molecular weight is 354 g/mol. The first-order valence-corrected chi connectivity index (χ1v) is 9.55. The van der Waals surface area contributed by atoms with Gasteiger partial charge in [-0.15, -0.1) is 11.3 Å². The van der Waals surface area contributed by atoms with Crippen LogP contribution < -0.4 is 0 Å². The summed E-state index contributed by atoms with van der Waals surface area (Å²) in [5.41, 5.74) is -0.423. The topological polar surface area (TPSA) is 90.7 Å². The van der Waals surface area contributed by atoms with Crippen molar-refractivity contribution in [3.05, 3.63) is 36.5 Å². The summed E-state index contributed by atoms with van der Waals surface area (Å²) in [6.45, 7) is 0.0656. The quantitative estimate of drug-likeness (QED) is 0.864.